The van der Waals surface area contributed by atoms with Crippen molar-refractivity contribution in [1.29, 1.82) is 0 Å². The first-order valence-corrected chi connectivity index (χ1v) is 9.19. The van der Waals surface area contributed by atoms with Crippen LogP contribution in [0.5, 0.6) is 5.75 Å². The number of benzene rings is 2. The second kappa shape index (κ2) is 8.21. The van der Waals surface area contributed by atoms with Crippen molar-refractivity contribution in [3.8, 4) is 5.75 Å². The third-order valence-corrected chi connectivity index (χ3v) is 4.86. The molecule has 0 bridgehead atoms. The number of hydrogen-bond acceptors (Lipinski definition) is 6. The van der Waals surface area contributed by atoms with E-state index in [1.807, 2.05) is 4.72 Å². The highest BCUT2D eigenvalue weighted by atomic mass is 32.2. The molecule has 0 aliphatic carbocycles. The van der Waals surface area contributed by atoms with Crippen molar-refractivity contribution in [2.45, 2.75) is 11.8 Å². The zero-order chi connectivity index (χ0) is 21.1. The number of esters is 1. The Labute approximate surface area is 158 Å². The molecule has 2 aromatic carbocycles. The smallest absolute Gasteiger partial charge is 0.340 e. The Bertz CT molecular complexity index is 1040. The summed E-state index contributed by atoms with van der Waals surface area (Å²) in [6, 6.07) is 4.02. The molecular formula is C17H15F2NO7S. The minimum atomic E-state index is -4.46. The Morgan fingerprint density at radius 1 is 1.11 bits per heavy atom. The van der Waals surface area contributed by atoms with Gasteiger partial charge in [0.1, 0.15) is 11.3 Å². The molecule has 0 unspecified atom stereocenters. The summed E-state index contributed by atoms with van der Waals surface area (Å²) in [5.74, 6) is -5.35. The highest BCUT2D eigenvalue weighted by Crippen LogP contribution is 2.27. The number of halogens is 2. The summed E-state index contributed by atoms with van der Waals surface area (Å²) in [6.07, 6.45) is 0. The molecule has 8 nitrogen and oxygen atoms in total. The number of hydrogen-bond donors (Lipinski definition) is 2. The van der Waals surface area contributed by atoms with Gasteiger partial charge in [-0.15, -0.1) is 0 Å². The van der Waals surface area contributed by atoms with Gasteiger partial charge in [-0.3, -0.25) is 4.72 Å². The third-order valence-electron chi connectivity index (χ3n) is 3.50. The lowest BCUT2D eigenvalue weighted by molar-refractivity contribution is 0.0600. The van der Waals surface area contributed by atoms with Crippen LogP contribution in [0.3, 0.4) is 0 Å². The van der Waals surface area contributed by atoms with Crippen molar-refractivity contribution in [2.24, 2.45) is 0 Å². The summed E-state index contributed by atoms with van der Waals surface area (Å²) in [6.45, 7) is 1.78. The lowest BCUT2D eigenvalue weighted by atomic mass is 10.2. The monoisotopic (exact) mass is 415 g/mol. The summed E-state index contributed by atoms with van der Waals surface area (Å²) in [7, 11) is -3.48. The summed E-state index contributed by atoms with van der Waals surface area (Å²) in [5.41, 5.74) is -1.55. The number of sulfonamides is 1. The molecule has 2 N–H and O–H groups in total. The third kappa shape index (κ3) is 4.36. The van der Waals surface area contributed by atoms with E-state index in [4.69, 9.17) is 4.74 Å². The quantitative estimate of drug-likeness (QED) is 0.667. The van der Waals surface area contributed by atoms with Crippen LogP contribution in [0.4, 0.5) is 14.5 Å². The molecule has 150 valence electrons. The van der Waals surface area contributed by atoms with E-state index < -0.39 is 55.3 Å². The molecule has 0 saturated heterocycles. The summed E-state index contributed by atoms with van der Waals surface area (Å²) in [5, 5.41) is 9.24. The van der Waals surface area contributed by atoms with Crippen LogP contribution in [0.15, 0.2) is 35.2 Å². The van der Waals surface area contributed by atoms with E-state index in [2.05, 4.69) is 4.74 Å². The molecule has 0 aliphatic rings. The second-order valence-electron chi connectivity index (χ2n) is 5.31. The molecule has 0 fully saturated rings. The number of carbonyl (C=O) groups excluding carboxylic acids is 1. The van der Waals surface area contributed by atoms with Crippen LogP contribution in [0, 0.1) is 11.6 Å². The molecule has 0 aliphatic heterocycles. The Hall–Kier alpha value is -3.21. The van der Waals surface area contributed by atoms with Crippen LogP contribution in [0.2, 0.25) is 0 Å². The SMILES string of the molecule is CCOc1ccc(S(=O)(=O)Nc2cc(F)c(F)cc2C(=O)OC)cc1C(=O)O. The number of carbonyl (C=O) groups is 2. The van der Waals surface area contributed by atoms with Crippen LogP contribution in [0.1, 0.15) is 27.6 Å². The molecule has 0 aromatic heterocycles. The van der Waals surface area contributed by atoms with Crippen molar-refractivity contribution < 1.29 is 41.4 Å². The van der Waals surface area contributed by atoms with E-state index in [0.29, 0.717) is 12.1 Å². The summed E-state index contributed by atoms with van der Waals surface area (Å²) < 4.78 is 63.7. The van der Waals surface area contributed by atoms with Crippen LogP contribution < -0.4 is 9.46 Å². The number of carboxylic acids is 1. The van der Waals surface area contributed by atoms with Crippen molar-refractivity contribution in [1.82, 2.24) is 0 Å². The maximum Gasteiger partial charge on any atom is 0.340 e. The van der Waals surface area contributed by atoms with Gasteiger partial charge in [-0.05, 0) is 31.2 Å². The van der Waals surface area contributed by atoms with Crippen LogP contribution in [-0.4, -0.2) is 39.2 Å². The molecule has 2 rings (SSSR count). The molecule has 0 amide bonds. The molecule has 28 heavy (non-hydrogen) atoms. The van der Waals surface area contributed by atoms with Crippen LogP contribution >= 0.6 is 0 Å². The van der Waals surface area contributed by atoms with E-state index in [-0.39, 0.29) is 12.4 Å². The van der Waals surface area contributed by atoms with Crippen LogP contribution in [-0.2, 0) is 14.8 Å². The van der Waals surface area contributed by atoms with Crippen molar-refractivity contribution in [3.05, 3.63) is 53.1 Å². The lowest BCUT2D eigenvalue weighted by Gasteiger charge is -2.14. The molecule has 11 heteroatoms. The van der Waals surface area contributed by atoms with E-state index in [0.717, 1.165) is 25.3 Å². The maximum atomic E-state index is 13.6. The fourth-order valence-electron chi connectivity index (χ4n) is 2.24. The number of nitrogens with one attached hydrogen (secondary N) is 1. The fourth-order valence-corrected chi connectivity index (χ4v) is 3.33. The molecule has 0 radical (unpaired) electrons. The Balaban J connectivity index is 2.52. The Kier molecular flexibility index (Phi) is 6.19. The van der Waals surface area contributed by atoms with Gasteiger partial charge in [0.05, 0.1) is 29.9 Å². The van der Waals surface area contributed by atoms with Gasteiger partial charge in [0.15, 0.2) is 11.6 Å². The average molecular weight is 415 g/mol. The van der Waals surface area contributed by atoms with E-state index in [1.54, 1.807) is 6.92 Å². The zero-order valence-corrected chi connectivity index (χ0v) is 15.5. The van der Waals surface area contributed by atoms with E-state index in [9.17, 15) is 31.9 Å². The van der Waals surface area contributed by atoms with Gasteiger partial charge in [0.2, 0.25) is 0 Å². The first kappa shape index (κ1) is 21.1. The summed E-state index contributed by atoms with van der Waals surface area (Å²) in [4.78, 5) is 22.6. The molecular weight excluding hydrogens is 400 g/mol. The molecule has 0 heterocycles. The minimum absolute atomic E-state index is 0.0444. The molecule has 0 spiro atoms. The number of carboxylic acid groups (broad SMARTS) is 1. The minimum Gasteiger partial charge on any atom is -0.493 e. The molecule has 0 atom stereocenters. The highest BCUT2D eigenvalue weighted by Gasteiger charge is 2.24. The number of rotatable bonds is 7. The van der Waals surface area contributed by atoms with Gasteiger partial charge < -0.3 is 14.6 Å². The fraction of sp³-hybridized carbons (Fsp3) is 0.176. The standard InChI is InChI=1S/C17H15F2NO7S/c1-3-27-15-5-4-9(6-11(15)16(21)22)28(24,25)20-14-8-13(19)12(18)7-10(14)17(23)26-2/h4-8,20H,3H2,1-2H3,(H,21,22). The number of anilines is 1. The number of methoxy groups -OCH3 is 1. The van der Waals surface area contributed by atoms with Gasteiger partial charge in [-0.25, -0.2) is 26.8 Å². The number of ether oxygens (including phenoxy) is 2. The number of aromatic carboxylic acids is 1. The zero-order valence-electron chi connectivity index (χ0n) is 14.7. The Morgan fingerprint density at radius 2 is 1.75 bits per heavy atom. The van der Waals surface area contributed by atoms with Gasteiger partial charge in [-0.1, -0.05) is 0 Å². The average Bonchev–Trinajstić information content (AvgIpc) is 2.63. The molecule has 0 saturated carbocycles. The lowest BCUT2D eigenvalue weighted by Crippen LogP contribution is -2.17. The van der Waals surface area contributed by atoms with Crippen LogP contribution in [0.25, 0.3) is 0 Å². The van der Waals surface area contributed by atoms with Gasteiger partial charge in [0.25, 0.3) is 10.0 Å². The van der Waals surface area contributed by atoms with Crippen molar-refractivity contribution in [2.75, 3.05) is 18.4 Å². The first-order valence-electron chi connectivity index (χ1n) is 7.71. The molecule has 2 aromatic rings. The predicted molar refractivity (Wildman–Crippen MR) is 93.1 cm³/mol. The van der Waals surface area contributed by atoms with Gasteiger partial charge in [-0.2, -0.15) is 0 Å². The summed E-state index contributed by atoms with van der Waals surface area (Å²) >= 11 is 0. The van der Waals surface area contributed by atoms with Crippen molar-refractivity contribution >= 4 is 27.6 Å². The van der Waals surface area contributed by atoms with E-state index >= 15 is 0 Å². The van der Waals surface area contributed by atoms with Crippen molar-refractivity contribution in [3.63, 3.8) is 0 Å². The van der Waals surface area contributed by atoms with Gasteiger partial charge >= 0.3 is 11.9 Å². The maximum absolute atomic E-state index is 13.6. The van der Waals surface area contributed by atoms with E-state index in [1.165, 1.54) is 0 Å². The topological polar surface area (TPSA) is 119 Å². The largest absolute Gasteiger partial charge is 0.493 e. The second-order valence-corrected chi connectivity index (χ2v) is 6.99. The van der Waals surface area contributed by atoms with Gasteiger partial charge in [0, 0.05) is 6.07 Å². The Morgan fingerprint density at radius 3 is 2.32 bits per heavy atom. The highest BCUT2D eigenvalue weighted by molar-refractivity contribution is 7.92. The normalized spacial score (nSPS) is 11.0. The predicted octanol–water partition coefficient (Wildman–Crippen LogP) is 2.65. The first-order chi connectivity index (χ1) is 13.1.